The lowest BCUT2D eigenvalue weighted by Gasteiger charge is -2.50. The highest BCUT2D eigenvalue weighted by molar-refractivity contribution is 5.83. The van der Waals surface area contributed by atoms with Crippen molar-refractivity contribution >= 4 is 11.9 Å². The Balaban J connectivity index is 1.28. The van der Waals surface area contributed by atoms with E-state index in [1.165, 1.54) is 24.3 Å². The van der Waals surface area contributed by atoms with Crippen molar-refractivity contribution in [1.82, 2.24) is 0 Å². The molecule has 8 N–H and O–H groups in total. The van der Waals surface area contributed by atoms with E-state index in [-0.39, 0.29) is 37.5 Å². The fourth-order valence-electron chi connectivity index (χ4n) is 11.6. The van der Waals surface area contributed by atoms with Gasteiger partial charge in [-0.2, -0.15) is 0 Å². The molecule has 0 aromatic rings. The Labute approximate surface area is 426 Å². The monoisotopic (exact) mass is 1020 g/mol. The van der Waals surface area contributed by atoms with E-state index in [1.54, 1.807) is 79.7 Å². The quantitative estimate of drug-likeness (QED) is 0.114. The second-order valence-corrected chi connectivity index (χ2v) is 21.7. The molecule has 26 atom stereocenters. The SMILES string of the molecule is CC[C@@H]1[C@@H](C)O[C@@](O)([C@@H](C)[C@H](O)[C@H](C)[C@H]2OC(=O)/C=C/C=C/[C@H](C)[C@@H]([C@@H](C)[C@@H](O)[C@H](C)[C@@]3(O)C[C@@H](O[C@H]4C[C@H](O)[C@H](O)[C@H](C)O4)[C@H](CC)[C@@H](C)O3)OC(=O)/C=C/C=C\[C@@H]2C)C[C@H]1O[C@H]1C[C@H](O)[C@H](O)[C@H](C)O1. The molecule has 0 aromatic carbocycles. The molecule has 4 fully saturated rings. The molecule has 412 valence electrons. The molecule has 4 saturated heterocycles. The highest BCUT2D eigenvalue weighted by Gasteiger charge is 2.54. The summed E-state index contributed by atoms with van der Waals surface area (Å²) in [6, 6.07) is 0. The van der Waals surface area contributed by atoms with Gasteiger partial charge in [0.1, 0.15) is 24.4 Å². The molecule has 72 heavy (non-hydrogen) atoms. The number of cyclic esters (lactones) is 2. The number of allylic oxidation sites excluding steroid dienone is 4. The van der Waals surface area contributed by atoms with E-state index in [1.807, 2.05) is 27.7 Å². The van der Waals surface area contributed by atoms with Gasteiger partial charge in [0.25, 0.3) is 0 Å². The van der Waals surface area contributed by atoms with E-state index in [4.69, 9.17) is 37.9 Å². The lowest BCUT2D eigenvalue weighted by atomic mass is 9.76. The number of hydrogen-bond donors (Lipinski definition) is 8. The fourth-order valence-corrected chi connectivity index (χ4v) is 11.6. The van der Waals surface area contributed by atoms with Crippen molar-refractivity contribution in [3.8, 4) is 0 Å². The molecule has 5 rings (SSSR count). The standard InChI is InChI=1S/C54H88O18/c1-13-37-33(9)71-53(63,25-41(37)67-45-23-39(55)49(61)35(11)65-45)31(7)47(59)29(5)51-27(3)19-15-17-22-44(58)70-52(28(4)20-16-18-21-43(57)69-51)30(6)48(60)32(8)54(64)26-42(38(14-2)34(10)72-54)68-46-24-40(56)50(62)36(12)66-46/h15-22,27-42,45-52,55-56,59-64H,13-14,23-26H2,1-12H3/b19-15-,20-16+,21-18+,22-17+/t27-,28-,29-,30-,31-,32-,33+,34+,35-,36-,37+,38+,39-,40-,41+,42+,45-,46-,47+,48+,49+,50+,51-,52-,53+,54+/m0/s1. The minimum Gasteiger partial charge on any atom is -0.458 e. The van der Waals surface area contributed by atoms with Gasteiger partial charge in [-0.15, -0.1) is 0 Å². The van der Waals surface area contributed by atoms with E-state index in [9.17, 15) is 50.4 Å². The van der Waals surface area contributed by atoms with Gasteiger partial charge >= 0.3 is 11.9 Å². The van der Waals surface area contributed by atoms with E-state index in [0.717, 1.165) is 0 Å². The lowest BCUT2D eigenvalue weighted by Crippen LogP contribution is -2.59. The third-order valence-corrected chi connectivity index (χ3v) is 16.5. The van der Waals surface area contributed by atoms with Gasteiger partial charge in [0.2, 0.25) is 0 Å². The van der Waals surface area contributed by atoms with Crippen LogP contribution in [0.1, 0.15) is 122 Å². The van der Waals surface area contributed by atoms with Crippen LogP contribution in [0.3, 0.4) is 0 Å². The Hall–Kier alpha value is -2.66. The maximum Gasteiger partial charge on any atom is 0.331 e. The van der Waals surface area contributed by atoms with Gasteiger partial charge in [-0.3, -0.25) is 0 Å². The zero-order chi connectivity index (χ0) is 53.6. The smallest absolute Gasteiger partial charge is 0.331 e. The van der Waals surface area contributed by atoms with Crippen molar-refractivity contribution in [3.05, 3.63) is 48.6 Å². The van der Waals surface area contributed by atoms with Gasteiger partial charge in [0.05, 0.1) is 61.0 Å². The van der Waals surface area contributed by atoms with Crippen molar-refractivity contribution in [2.75, 3.05) is 0 Å². The Morgan fingerprint density at radius 1 is 0.583 bits per heavy atom. The second kappa shape index (κ2) is 25.9. The molecule has 18 nitrogen and oxygen atoms in total. The molecule has 0 radical (unpaired) electrons. The number of aliphatic hydroxyl groups excluding tert-OH is 6. The first-order valence-electron chi connectivity index (χ1n) is 26.4. The summed E-state index contributed by atoms with van der Waals surface area (Å²) in [5, 5.41) is 89.6. The van der Waals surface area contributed by atoms with Gasteiger partial charge in [-0.25, -0.2) is 9.59 Å². The van der Waals surface area contributed by atoms with Crippen molar-refractivity contribution in [3.63, 3.8) is 0 Å². The minimum absolute atomic E-state index is 0.0264. The molecule has 5 aliphatic rings. The maximum absolute atomic E-state index is 13.5. The van der Waals surface area contributed by atoms with E-state index in [0.29, 0.717) is 12.8 Å². The molecule has 18 heteroatoms. The third kappa shape index (κ3) is 14.4. The van der Waals surface area contributed by atoms with Crippen molar-refractivity contribution < 1.29 is 88.3 Å². The van der Waals surface area contributed by atoms with Gasteiger partial charge in [-0.05, 0) is 40.5 Å². The van der Waals surface area contributed by atoms with Gasteiger partial charge in [-0.1, -0.05) is 91.8 Å². The number of ether oxygens (including phenoxy) is 8. The molecule has 0 unspecified atom stereocenters. The van der Waals surface area contributed by atoms with Crippen LogP contribution in [-0.2, 0) is 47.5 Å². The summed E-state index contributed by atoms with van der Waals surface area (Å²) in [5.41, 5.74) is 0. The third-order valence-electron chi connectivity index (χ3n) is 16.5. The fraction of sp³-hybridized carbons (Fsp3) is 0.815. The van der Waals surface area contributed by atoms with Crippen LogP contribution in [-0.4, -0.2) is 162 Å². The first kappa shape index (κ1) is 60.2. The Bertz CT molecular complexity index is 1710. The first-order chi connectivity index (χ1) is 33.7. The normalized spacial score (nSPS) is 46.1. The summed E-state index contributed by atoms with van der Waals surface area (Å²) in [5.74, 6) is -9.84. The zero-order valence-corrected chi connectivity index (χ0v) is 44.4. The number of esters is 2. The lowest BCUT2D eigenvalue weighted by molar-refractivity contribution is -0.345. The van der Waals surface area contributed by atoms with Crippen LogP contribution in [0.15, 0.2) is 48.6 Å². The molecule has 0 saturated carbocycles. The number of rotatable bonds is 14. The van der Waals surface area contributed by atoms with Crippen LogP contribution in [0.2, 0.25) is 0 Å². The summed E-state index contributed by atoms with van der Waals surface area (Å²) in [6.45, 7) is 21.3. The number of carbonyl (C=O) groups is 2. The van der Waals surface area contributed by atoms with Gasteiger partial charge in [0.15, 0.2) is 24.2 Å². The predicted molar refractivity (Wildman–Crippen MR) is 263 cm³/mol. The molecule has 5 aliphatic heterocycles. The maximum atomic E-state index is 13.5. The van der Waals surface area contributed by atoms with Gasteiger partial charge < -0.3 is 78.7 Å². The summed E-state index contributed by atoms with van der Waals surface area (Å²) < 4.78 is 49.1. The van der Waals surface area contributed by atoms with Crippen LogP contribution >= 0.6 is 0 Å². The molecule has 0 spiro atoms. The van der Waals surface area contributed by atoms with Crippen molar-refractivity contribution in [1.29, 1.82) is 0 Å². The Kier molecular flexibility index (Phi) is 21.7. The molecule has 0 bridgehead atoms. The van der Waals surface area contributed by atoms with E-state index >= 15 is 0 Å². The zero-order valence-electron chi connectivity index (χ0n) is 44.4. The highest BCUT2D eigenvalue weighted by Crippen LogP contribution is 2.45. The van der Waals surface area contributed by atoms with Crippen molar-refractivity contribution in [2.45, 2.75) is 231 Å². The minimum atomic E-state index is -1.88. The summed E-state index contributed by atoms with van der Waals surface area (Å²) in [7, 11) is 0. The summed E-state index contributed by atoms with van der Waals surface area (Å²) in [6.07, 6.45) is -0.317. The molecule has 0 aromatic heterocycles. The molecule has 0 aliphatic carbocycles. The van der Waals surface area contributed by atoms with Crippen LogP contribution in [0.25, 0.3) is 0 Å². The number of aliphatic hydroxyl groups is 8. The topological polar surface area (TPSA) is 270 Å². The van der Waals surface area contributed by atoms with Crippen LogP contribution in [0.4, 0.5) is 0 Å². The number of hydrogen-bond acceptors (Lipinski definition) is 18. The first-order valence-corrected chi connectivity index (χ1v) is 26.4. The highest BCUT2D eigenvalue weighted by atomic mass is 16.7. The Morgan fingerprint density at radius 2 is 0.931 bits per heavy atom. The molecule has 5 heterocycles. The summed E-state index contributed by atoms with van der Waals surface area (Å²) >= 11 is 0. The van der Waals surface area contributed by atoms with E-state index in [2.05, 4.69) is 0 Å². The predicted octanol–water partition coefficient (Wildman–Crippen LogP) is 4.12. The van der Waals surface area contributed by atoms with Crippen LogP contribution < -0.4 is 0 Å². The van der Waals surface area contributed by atoms with Crippen molar-refractivity contribution in [2.24, 2.45) is 47.3 Å². The average Bonchev–Trinajstić information content (AvgIpc) is 3.31. The number of carbonyl (C=O) groups excluding carboxylic acids is 2. The average molecular weight is 1030 g/mol. The molecular formula is C54H88O18. The van der Waals surface area contributed by atoms with E-state index < -0.39 is 157 Å². The van der Waals surface area contributed by atoms with Crippen LogP contribution in [0.5, 0.6) is 0 Å². The molecule has 0 amide bonds. The second-order valence-electron chi connectivity index (χ2n) is 21.7. The van der Waals surface area contributed by atoms with Crippen LogP contribution in [0, 0.1) is 47.3 Å². The van der Waals surface area contributed by atoms with Gasteiger partial charge in [0, 0.05) is 85.2 Å². The largest absolute Gasteiger partial charge is 0.458 e. The Morgan fingerprint density at radius 3 is 1.25 bits per heavy atom. The molecular weight excluding hydrogens is 937 g/mol. The summed E-state index contributed by atoms with van der Waals surface area (Å²) in [4.78, 5) is 27.0.